The van der Waals surface area contributed by atoms with Crippen molar-refractivity contribution in [2.24, 2.45) is 0 Å². The predicted molar refractivity (Wildman–Crippen MR) is 139 cm³/mol. The van der Waals surface area contributed by atoms with Gasteiger partial charge in [-0.25, -0.2) is 14.3 Å². The van der Waals surface area contributed by atoms with E-state index in [0.717, 1.165) is 54.5 Å². The number of anilines is 1. The van der Waals surface area contributed by atoms with E-state index in [9.17, 15) is 4.79 Å². The number of fused-ring (bicyclic) bond motifs is 3. The summed E-state index contributed by atoms with van der Waals surface area (Å²) in [5.41, 5.74) is 3.35. The van der Waals surface area contributed by atoms with Crippen molar-refractivity contribution in [1.29, 1.82) is 0 Å². The molecule has 5 rings (SSSR count). The fraction of sp³-hybridized carbons (Fsp3) is 0.444. The van der Waals surface area contributed by atoms with E-state index in [-0.39, 0.29) is 28.5 Å². The molecule has 1 aromatic carbocycles. The molecule has 0 saturated heterocycles. The van der Waals surface area contributed by atoms with Gasteiger partial charge >= 0.3 is 6.03 Å². The average Bonchev–Trinajstić information content (AvgIpc) is 3.45. The number of methoxy groups -OCH3 is 1. The summed E-state index contributed by atoms with van der Waals surface area (Å²) >= 11 is 0. The number of quaternary nitrogens is 1. The molecule has 8 nitrogen and oxygen atoms in total. The average molecular weight is 495 g/mol. The number of carbonyl (C=O) groups excluding carboxylic acids is 1. The Morgan fingerprint density at radius 1 is 1.22 bits per heavy atom. The molecular weight excluding hydrogens is 461 g/mol. The highest BCUT2D eigenvalue weighted by Gasteiger charge is 2.52. The van der Waals surface area contributed by atoms with Crippen molar-refractivity contribution in [3.8, 4) is 17.0 Å². The van der Waals surface area contributed by atoms with E-state index in [1.165, 1.54) is 0 Å². The first-order valence-corrected chi connectivity index (χ1v) is 12.4. The van der Waals surface area contributed by atoms with Crippen molar-refractivity contribution in [1.82, 2.24) is 19.4 Å². The summed E-state index contributed by atoms with van der Waals surface area (Å²) < 4.78 is 26.3. The smallest absolute Gasteiger partial charge is 0.426 e. The number of rotatable bonds is 8. The summed E-state index contributed by atoms with van der Waals surface area (Å²) in [6.07, 6.45) is 5.44. The van der Waals surface area contributed by atoms with Crippen molar-refractivity contribution in [3.05, 3.63) is 42.5 Å². The number of pyridine rings is 2. The molecule has 9 heteroatoms. The highest BCUT2D eigenvalue weighted by Crippen LogP contribution is 2.46. The van der Waals surface area contributed by atoms with Crippen LogP contribution in [0.4, 0.5) is 20.6 Å². The summed E-state index contributed by atoms with van der Waals surface area (Å²) in [7, 11) is 7.66. The Kier molecular flexibility index (Phi) is 6.63. The van der Waals surface area contributed by atoms with Crippen LogP contribution >= 0.6 is 0 Å². The second-order valence-corrected chi connectivity index (χ2v) is 10.1. The van der Waals surface area contributed by atoms with Crippen molar-refractivity contribution in [2.45, 2.75) is 37.8 Å². The zero-order valence-electron chi connectivity index (χ0n) is 21.3. The Hall–Kier alpha value is -3.14. The summed E-state index contributed by atoms with van der Waals surface area (Å²) in [6, 6.07) is 8.96. The maximum Gasteiger partial charge on any atom is 0.426 e. The lowest BCUT2D eigenvalue weighted by molar-refractivity contribution is 0.103. The van der Waals surface area contributed by atoms with E-state index < -0.39 is 5.95 Å². The molecule has 1 saturated carbocycles. The maximum absolute atomic E-state index is 15.0. The summed E-state index contributed by atoms with van der Waals surface area (Å²) in [5.74, 6) is -0.328. The maximum atomic E-state index is 15.0. The van der Waals surface area contributed by atoms with Gasteiger partial charge in [0.15, 0.2) is 5.69 Å². The Morgan fingerprint density at radius 3 is 2.78 bits per heavy atom. The normalized spacial score (nSPS) is 23.3. The molecule has 36 heavy (non-hydrogen) atoms. The fourth-order valence-corrected chi connectivity index (χ4v) is 5.40. The topological polar surface area (TPSA) is 76.6 Å². The van der Waals surface area contributed by atoms with Gasteiger partial charge in [0.2, 0.25) is 11.8 Å². The third-order valence-corrected chi connectivity index (χ3v) is 7.56. The number of carbonyl (C=O) groups is 1. The second-order valence-electron chi connectivity index (χ2n) is 10.1. The molecule has 2 amide bonds. The van der Waals surface area contributed by atoms with E-state index in [0.29, 0.717) is 17.7 Å². The quantitative estimate of drug-likeness (QED) is 0.275. The molecule has 0 bridgehead atoms. The van der Waals surface area contributed by atoms with Gasteiger partial charge < -0.3 is 14.4 Å². The zero-order valence-corrected chi connectivity index (χ0v) is 21.3. The van der Waals surface area contributed by atoms with E-state index in [1.807, 2.05) is 39.3 Å². The first-order valence-electron chi connectivity index (χ1n) is 12.4. The van der Waals surface area contributed by atoms with Crippen LogP contribution in [0.1, 0.15) is 25.7 Å². The lowest BCUT2D eigenvalue weighted by Crippen LogP contribution is -2.55. The summed E-state index contributed by atoms with van der Waals surface area (Å²) in [4.78, 5) is 24.0. The SMILES string of the molecule is COC1CCC([N+]2(C)C(=O)Nc3c2cnc2ccc(-c4ccc(OCCCN(C)C)nc4F)cc32)C1. The molecule has 3 aromatic rings. The predicted octanol–water partition coefficient (Wildman–Crippen LogP) is 4.82. The van der Waals surface area contributed by atoms with Gasteiger partial charge in [0.1, 0.15) is 11.7 Å². The number of ether oxygens (including phenoxy) is 2. The Labute approximate surface area is 210 Å². The minimum absolute atomic E-state index is 0.0740. The van der Waals surface area contributed by atoms with Crippen molar-refractivity contribution < 1.29 is 18.7 Å². The van der Waals surface area contributed by atoms with Gasteiger partial charge in [0.25, 0.3) is 0 Å². The number of aromatic nitrogens is 2. The number of urea groups is 1. The highest BCUT2D eigenvalue weighted by atomic mass is 19.1. The molecule has 3 atom stereocenters. The van der Waals surface area contributed by atoms with Crippen LogP contribution in [-0.2, 0) is 4.74 Å². The molecule has 2 aliphatic rings. The molecule has 1 N–H and O–H groups in total. The van der Waals surface area contributed by atoms with Gasteiger partial charge in [-0.1, -0.05) is 6.07 Å². The van der Waals surface area contributed by atoms with E-state index in [4.69, 9.17) is 9.47 Å². The van der Waals surface area contributed by atoms with Crippen molar-refractivity contribution in [3.63, 3.8) is 0 Å². The molecule has 1 fully saturated rings. The van der Waals surface area contributed by atoms with E-state index in [2.05, 4.69) is 20.2 Å². The third-order valence-electron chi connectivity index (χ3n) is 7.56. The van der Waals surface area contributed by atoms with Gasteiger partial charge in [0, 0.05) is 43.5 Å². The fourth-order valence-electron chi connectivity index (χ4n) is 5.40. The summed E-state index contributed by atoms with van der Waals surface area (Å²) in [6.45, 7) is 1.36. The monoisotopic (exact) mass is 494 g/mol. The van der Waals surface area contributed by atoms with Crippen LogP contribution in [0.15, 0.2) is 36.5 Å². The highest BCUT2D eigenvalue weighted by molar-refractivity contribution is 6.15. The van der Waals surface area contributed by atoms with E-state index in [1.54, 1.807) is 25.4 Å². The minimum Gasteiger partial charge on any atom is -0.478 e. The van der Waals surface area contributed by atoms with Crippen LogP contribution in [0.25, 0.3) is 22.0 Å². The van der Waals surface area contributed by atoms with Crippen molar-refractivity contribution >= 4 is 28.3 Å². The van der Waals surface area contributed by atoms with Gasteiger partial charge in [-0.3, -0.25) is 5.32 Å². The van der Waals surface area contributed by atoms with Crippen LogP contribution in [0.3, 0.4) is 0 Å². The van der Waals surface area contributed by atoms with Crippen LogP contribution in [0.2, 0.25) is 0 Å². The Balaban J connectivity index is 1.45. The molecular formula is C27H33FN5O3+. The molecule has 190 valence electrons. The van der Waals surface area contributed by atoms with Gasteiger partial charge in [-0.2, -0.15) is 9.37 Å². The third kappa shape index (κ3) is 4.31. The van der Waals surface area contributed by atoms with E-state index >= 15 is 4.39 Å². The largest absolute Gasteiger partial charge is 0.478 e. The number of hydrogen-bond acceptors (Lipinski definition) is 6. The Bertz CT molecular complexity index is 1300. The van der Waals surface area contributed by atoms with Crippen molar-refractivity contribution in [2.75, 3.05) is 46.7 Å². The standard InChI is InChI=1S/C27H32FN5O3/c1-32(2)12-5-13-36-24-11-9-20(26(28)30-24)17-6-10-22-21(14-17)25-23(16-29-22)33(3,27(34)31-25)18-7-8-19(15-18)35-4/h6,9-11,14,16,18-19H,5,7-8,12-13,15H2,1-4H3/p+1. The second kappa shape index (κ2) is 9.72. The van der Waals surface area contributed by atoms with Crippen LogP contribution in [-0.4, -0.2) is 74.4 Å². The number of hydrogen-bond donors (Lipinski definition) is 1. The van der Waals surface area contributed by atoms with Gasteiger partial charge in [-0.05, 0) is 50.7 Å². The molecule has 1 aliphatic heterocycles. The van der Waals surface area contributed by atoms with Crippen LogP contribution in [0, 0.1) is 5.95 Å². The summed E-state index contributed by atoms with van der Waals surface area (Å²) in [5, 5.41) is 3.88. The molecule has 3 unspecified atom stereocenters. The number of benzene rings is 1. The molecule has 0 spiro atoms. The lowest BCUT2D eigenvalue weighted by Gasteiger charge is -2.31. The van der Waals surface area contributed by atoms with Crippen LogP contribution in [0.5, 0.6) is 5.88 Å². The molecule has 0 radical (unpaired) electrons. The van der Waals surface area contributed by atoms with Gasteiger partial charge in [-0.15, -0.1) is 0 Å². The Morgan fingerprint density at radius 2 is 2.06 bits per heavy atom. The number of halogens is 1. The number of nitrogens with zero attached hydrogens (tertiary/aromatic N) is 4. The number of nitrogens with one attached hydrogen (secondary N) is 1. The first-order chi connectivity index (χ1) is 17.3. The zero-order chi connectivity index (χ0) is 25.4. The molecule has 2 aromatic heterocycles. The van der Waals surface area contributed by atoms with Gasteiger partial charge in [0.05, 0.1) is 31.5 Å². The first kappa shape index (κ1) is 24.5. The molecule has 1 aliphatic carbocycles. The minimum atomic E-state index is -0.596. The van der Waals surface area contributed by atoms with Crippen LogP contribution < -0.4 is 14.5 Å². The number of amides is 2. The lowest BCUT2D eigenvalue weighted by atomic mass is 10.0. The molecule has 3 heterocycles.